The van der Waals surface area contributed by atoms with Gasteiger partial charge in [0, 0.05) is 27.1 Å². The SMILES string of the molecule is CC(Sc1cccc(NC(=O)/C(=C/c2ccccc2)NC(=O)c2ccccc2)c1)C(=O)Nc1scc(-c2ccccc2)c1C#N. The van der Waals surface area contributed by atoms with Gasteiger partial charge in [-0.2, -0.15) is 5.26 Å². The molecular weight excluding hydrogens is 601 g/mol. The van der Waals surface area contributed by atoms with E-state index in [1.54, 1.807) is 55.5 Å². The Labute approximate surface area is 269 Å². The molecule has 5 rings (SSSR count). The molecule has 0 fully saturated rings. The van der Waals surface area contributed by atoms with Crippen LogP contribution in [0.3, 0.4) is 0 Å². The maximum absolute atomic E-state index is 13.4. The first-order valence-electron chi connectivity index (χ1n) is 14.0. The zero-order valence-electron chi connectivity index (χ0n) is 24.2. The summed E-state index contributed by atoms with van der Waals surface area (Å²) in [5, 5.41) is 20.2. The van der Waals surface area contributed by atoms with Gasteiger partial charge in [0.15, 0.2) is 0 Å². The number of hydrogen-bond acceptors (Lipinski definition) is 6. The van der Waals surface area contributed by atoms with E-state index < -0.39 is 17.1 Å². The van der Waals surface area contributed by atoms with Crippen molar-refractivity contribution in [1.29, 1.82) is 5.26 Å². The Kier molecular flexibility index (Phi) is 10.2. The Morgan fingerprint density at radius 3 is 2.20 bits per heavy atom. The Morgan fingerprint density at radius 2 is 1.51 bits per heavy atom. The number of nitrogens with zero attached hydrogens (tertiary/aromatic N) is 1. The fourth-order valence-electron chi connectivity index (χ4n) is 4.37. The second-order valence-corrected chi connectivity index (χ2v) is 12.1. The monoisotopic (exact) mass is 628 g/mol. The molecule has 7 nitrogen and oxygen atoms in total. The highest BCUT2D eigenvalue weighted by molar-refractivity contribution is 8.00. The molecule has 1 unspecified atom stereocenters. The highest BCUT2D eigenvalue weighted by Gasteiger charge is 2.20. The van der Waals surface area contributed by atoms with Gasteiger partial charge in [0.25, 0.3) is 11.8 Å². The van der Waals surface area contributed by atoms with Crippen LogP contribution in [-0.2, 0) is 9.59 Å². The molecule has 4 aromatic carbocycles. The van der Waals surface area contributed by atoms with Crippen LogP contribution >= 0.6 is 23.1 Å². The molecule has 0 saturated heterocycles. The molecule has 222 valence electrons. The number of thiophene rings is 1. The van der Waals surface area contributed by atoms with Gasteiger partial charge in [0.2, 0.25) is 5.91 Å². The molecule has 0 saturated carbocycles. The number of hydrogen-bond donors (Lipinski definition) is 3. The summed E-state index contributed by atoms with van der Waals surface area (Å²) in [6.45, 7) is 1.78. The van der Waals surface area contributed by atoms with Gasteiger partial charge >= 0.3 is 0 Å². The Bertz CT molecular complexity index is 1880. The van der Waals surface area contributed by atoms with Crippen LogP contribution in [0.2, 0.25) is 0 Å². The predicted octanol–water partition coefficient (Wildman–Crippen LogP) is 7.82. The third kappa shape index (κ3) is 8.15. The summed E-state index contributed by atoms with van der Waals surface area (Å²) in [5.74, 6) is -1.14. The molecule has 5 aromatic rings. The van der Waals surface area contributed by atoms with Crippen LogP contribution in [-0.4, -0.2) is 23.0 Å². The topological polar surface area (TPSA) is 111 Å². The second-order valence-electron chi connectivity index (χ2n) is 9.85. The molecule has 0 bridgehead atoms. The normalized spacial score (nSPS) is 11.6. The molecule has 0 aliphatic rings. The van der Waals surface area contributed by atoms with Gasteiger partial charge in [-0.3, -0.25) is 14.4 Å². The summed E-state index contributed by atoms with van der Waals surface area (Å²) in [5.41, 5.74) is 3.89. The minimum atomic E-state index is -0.497. The molecule has 9 heteroatoms. The van der Waals surface area contributed by atoms with Crippen molar-refractivity contribution < 1.29 is 14.4 Å². The average molecular weight is 629 g/mol. The molecule has 3 amide bonds. The van der Waals surface area contributed by atoms with Crippen molar-refractivity contribution in [3.8, 4) is 17.2 Å². The third-order valence-corrected chi connectivity index (χ3v) is 8.63. The smallest absolute Gasteiger partial charge is 0.272 e. The predicted molar refractivity (Wildman–Crippen MR) is 182 cm³/mol. The Hall–Kier alpha value is -5.43. The van der Waals surface area contributed by atoms with Gasteiger partial charge < -0.3 is 16.0 Å². The second kappa shape index (κ2) is 14.8. The van der Waals surface area contributed by atoms with Crippen molar-refractivity contribution >= 4 is 57.6 Å². The van der Waals surface area contributed by atoms with E-state index >= 15 is 0 Å². The first-order valence-corrected chi connectivity index (χ1v) is 15.8. The van der Waals surface area contributed by atoms with E-state index in [0.717, 1.165) is 21.6 Å². The van der Waals surface area contributed by atoms with E-state index in [1.165, 1.54) is 23.1 Å². The van der Waals surface area contributed by atoms with Gasteiger partial charge in [-0.25, -0.2) is 0 Å². The van der Waals surface area contributed by atoms with Crippen molar-refractivity contribution in [3.05, 3.63) is 143 Å². The van der Waals surface area contributed by atoms with Crippen LogP contribution in [0.5, 0.6) is 0 Å². The zero-order valence-corrected chi connectivity index (χ0v) is 25.8. The van der Waals surface area contributed by atoms with Crippen molar-refractivity contribution in [3.63, 3.8) is 0 Å². The van der Waals surface area contributed by atoms with E-state index in [4.69, 9.17) is 0 Å². The molecule has 0 spiro atoms. The number of carbonyl (C=O) groups is 3. The highest BCUT2D eigenvalue weighted by Crippen LogP contribution is 2.35. The molecule has 1 heterocycles. The molecule has 0 aliphatic carbocycles. The van der Waals surface area contributed by atoms with E-state index in [0.29, 0.717) is 21.8 Å². The summed E-state index contributed by atoms with van der Waals surface area (Å²) in [4.78, 5) is 40.2. The van der Waals surface area contributed by atoms with Crippen LogP contribution < -0.4 is 16.0 Å². The van der Waals surface area contributed by atoms with Crippen molar-refractivity contribution in [2.75, 3.05) is 10.6 Å². The summed E-state index contributed by atoms with van der Waals surface area (Å²) in [6, 6.07) is 36.8. The summed E-state index contributed by atoms with van der Waals surface area (Å²) in [6.07, 6.45) is 1.62. The summed E-state index contributed by atoms with van der Waals surface area (Å²) >= 11 is 2.64. The number of anilines is 2. The molecule has 45 heavy (non-hydrogen) atoms. The lowest BCUT2D eigenvalue weighted by Crippen LogP contribution is -2.30. The number of carbonyl (C=O) groups excluding carboxylic acids is 3. The maximum Gasteiger partial charge on any atom is 0.272 e. The molecule has 1 aromatic heterocycles. The summed E-state index contributed by atoms with van der Waals surface area (Å²) in [7, 11) is 0. The van der Waals surface area contributed by atoms with Crippen LogP contribution in [0.15, 0.2) is 131 Å². The first-order chi connectivity index (χ1) is 21.9. The first kappa shape index (κ1) is 31.0. The lowest BCUT2D eigenvalue weighted by molar-refractivity contribution is -0.115. The number of benzene rings is 4. The van der Waals surface area contributed by atoms with Crippen molar-refractivity contribution in [2.45, 2.75) is 17.1 Å². The number of rotatable bonds is 10. The third-order valence-electron chi connectivity index (χ3n) is 6.64. The maximum atomic E-state index is 13.4. The van der Waals surface area contributed by atoms with Crippen molar-refractivity contribution in [1.82, 2.24) is 5.32 Å². The van der Waals surface area contributed by atoms with Gasteiger partial charge in [-0.15, -0.1) is 23.1 Å². The minimum Gasteiger partial charge on any atom is -0.321 e. The number of nitriles is 1. The van der Waals surface area contributed by atoms with Gasteiger partial charge in [0.1, 0.15) is 16.8 Å². The van der Waals surface area contributed by atoms with Gasteiger partial charge in [-0.05, 0) is 54.5 Å². The van der Waals surface area contributed by atoms with Crippen LogP contribution in [0.4, 0.5) is 10.7 Å². The van der Waals surface area contributed by atoms with Gasteiger partial charge in [0.05, 0.1) is 10.8 Å². The standard InChI is InChI=1S/C36H28N4O3S2/c1-24(33(41)40-36-30(22-37)31(23-44-36)26-14-7-3-8-15-26)45-29-19-11-18-28(21-29)38-35(43)32(20-25-12-5-2-6-13-25)39-34(42)27-16-9-4-10-17-27/h2-21,23-24H,1H3,(H,38,43)(H,39,42)(H,40,41)/b32-20-. The number of thioether (sulfide) groups is 1. The minimum absolute atomic E-state index is 0.0833. The van der Waals surface area contributed by atoms with E-state index in [-0.39, 0.29) is 11.6 Å². The average Bonchev–Trinajstić information content (AvgIpc) is 3.48. The molecule has 0 aliphatic heterocycles. The van der Waals surface area contributed by atoms with Crippen LogP contribution in [0, 0.1) is 11.3 Å². The molecule has 1 atom stereocenters. The molecule has 0 radical (unpaired) electrons. The zero-order chi connectivity index (χ0) is 31.6. The van der Waals surface area contributed by atoms with E-state index in [1.807, 2.05) is 78.2 Å². The van der Waals surface area contributed by atoms with Crippen LogP contribution in [0.1, 0.15) is 28.4 Å². The van der Waals surface area contributed by atoms with Crippen LogP contribution in [0.25, 0.3) is 17.2 Å². The van der Waals surface area contributed by atoms with Gasteiger partial charge in [-0.1, -0.05) is 84.9 Å². The lowest BCUT2D eigenvalue weighted by atomic mass is 10.1. The Balaban J connectivity index is 1.27. The lowest BCUT2D eigenvalue weighted by Gasteiger charge is -2.14. The fourth-order valence-corrected chi connectivity index (χ4v) is 6.22. The molecular formula is C36H28N4O3S2. The quantitative estimate of drug-likeness (QED) is 0.108. The highest BCUT2D eigenvalue weighted by atomic mass is 32.2. The Morgan fingerprint density at radius 1 is 0.844 bits per heavy atom. The fraction of sp³-hybridized carbons (Fsp3) is 0.0556. The largest absolute Gasteiger partial charge is 0.321 e. The summed E-state index contributed by atoms with van der Waals surface area (Å²) < 4.78 is 0. The number of nitrogens with one attached hydrogen (secondary N) is 3. The number of amides is 3. The van der Waals surface area contributed by atoms with E-state index in [2.05, 4.69) is 22.0 Å². The van der Waals surface area contributed by atoms with Crippen molar-refractivity contribution in [2.24, 2.45) is 0 Å². The van der Waals surface area contributed by atoms with E-state index in [9.17, 15) is 19.6 Å². The molecule has 3 N–H and O–H groups in total.